The molecule has 2 rings (SSSR count). The van der Waals surface area contributed by atoms with Gasteiger partial charge >= 0.3 is 0 Å². The molecule has 0 unspecified atom stereocenters. The Hall–Kier alpha value is -1.77. The number of hydrogen-bond acceptors (Lipinski definition) is 2. The van der Waals surface area contributed by atoms with Gasteiger partial charge in [-0.3, -0.25) is 4.98 Å². The first-order chi connectivity index (χ1) is 6.36. The Morgan fingerprint density at radius 1 is 1.00 bits per heavy atom. The summed E-state index contributed by atoms with van der Waals surface area (Å²) in [4.78, 5) is 7.62. The summed E-state index contributed by atoms with van der Waals surface area (Å²) in [6, 6.07) is 8.31. The Labute approximate surface area is 75.1 Å². The first kappa shape index (κ1) is 7.86. The lowest BCUT2D eigenvalue weighted by Gasteiger charge is -1.98. The lowest BCUT2D eigenvalue weighted by Crippen LogP contribution is -1.86. The summed E-state index contributed by atoms with van der Waals surface area (Å²) in [5.41, 5.74) is 1.50. The van der Waals surface area contributed by atoms with Crippen LogP contribution >= 0.6 is 0 Å². The van der Waals surface area contributed by atoms with Gasteiger partial charge in [-0.15, -0.1) is 0 Å². The quantitative estimate of drug-likeness (QED) is 0.620. The second-order valence-corrected chi connectivity index (χ2v) is 2.58. The van der Waals surface area contributed by atoms with E-state index in [2.05, 4.69) is 9.97 Å². The average molecular weight is 174 g/mol. The van der Waals surface area contributed by atoms with Crippen molar-refractivity contribution in [2.45, 2.75) is 0 Å². The van der Waals surface area contributed by atoms with Gasteiger partial charge in [0.1, 0.15) is 0 Å². The molecule has 0 saturated carbocycles. The summed E-state index contributed by atoms with van der Waals surface area (Å²) in [5, 5.41) is 0. The van der Waals surface area contributed by atoms with Gasteiger partial charge in [-0.2, -0.15) is 4.39 Å². The summed E-state index contributed by atoms with van der Waals surface area (Å²) in [7, 11) is 0. The highest BCUT2D eigenvalue weighted by molar-refractivity contribution is 5.57. The molecule has 2 heterocycles. The third kappa shape index (κ3) is 1.69. The fourth-order valence-corrected chi connectivity index (χ4v) is 1.09. The first-order valence-electron chi connectivity index (χ1n) is 3.89. The Bertz CT molecular complexity index is 401. The van der Waals surface area contributed by atoms with Gasteiger partial charge in [0.2, 0.25) is 5.95 Å². The van der Waals surface area contributed by atoms with Crippen LogP contribution < -0.4 is 0 Å². The standard InChI is InChI=1S/C10H7FN2/c11-10-3-1-2-9(13-10)8-4-6-12-7-5-8/h1-7H. The predicted octanol–water partition coefficient (Wildman–Crippen LogP) is 2.28. The third-order valence-electron chi connectivity index (χ3n) is 1.69. The van der Waals surface area contributed by atoms with Crippen molar-refractivity contribution in [1.29, 1.82) is 0 Å². The Morgan fingerprint density at radius 3 is 2.46 bits per heavy atom. The number of halogens is 1. The van der Waals surface area contributed by atoms with Gasteiger partial charge in [0, 0.05) is 18.0 Å². The molecule has 2 nitrogen and oxygen atoms in total. The van der Waals surface area contributed by atoms with Crippen LogP contribution in [-0.4, -0.2) is 9.97 Å². The average Bonchev–Trinajstić information content (AvgIpc) is 2.19. The largest absolute Gasteiger partial charge is 0.265 e. The van der Waals surface area contributed by atoms with E-state index in [1.54, 1.807) is 36.7 Å². The second-order valence-electron chi connectivity index (χ2n) is 2.58. The molecule has 0 aliphatic heterocycles. The molecule has 0 spiro atoms. The number of aromatic nitrogens is 2. The normalized spacial score (nSPS) is 9.92. The summed E-state index contributed by atoms with van der Waals surface area (Å²) >= 11 is 0. The molecule has 0 amide bonds. The van der Waals surface area contributed by atoms with Crippen LogP contribution in [-0.2, 0) is 0 Å². The van der Waals surface area contributed by atoms with Crippen LogP contribution in [0.2, 0.25) is 0 Å². The van der Waals surface area contributed by atoms with Crippen LogP contribution in [0.1, 0.15) is 0 Å². The van der Waals surface area contributed by atoms with Crippen molar-refractivity contribution in [3.8, 4) is 11.3 Å². The van der Waals surface area contributed by atoms with Gasteiger partial charge in [-0.05, 0) is 24.3 Å². The van der Waals surface area contributed by atoms with Gasteiger partial charge in [-0.25, -0.2) is 4.98 Å². The van der Waals surface area contributed by atoms with E-state index in [1.807, 2.05) is 0 Å². The fraction of sp³-hybridized carbons (Fsp3) is 0. The van der Waals surface area contributed by atoms with Crippen molar-refractivity contribution in [3.63, 3.8) is 0 Å². The van der Waals surface area contributed by atoms with E-state index < -0.39 is 5.95 Å². The zero-order chi connectivity index (χ0) is 9.10. The molecule has 0 aliphatic rings. The maximum atomic E-state index is 12.7. The van der Waals surface area contributed by atoms with Gasteiger partial charge in [0.25, 0.3) is 0 Å². The maximum Gasteiger partial charge on any atom is 0.213 e. The van der Waals surface area contributed by atoms with Gasteiger partial charge < -0.3 is 0 Å². The highest BCUT2D eigenvalue weighted by atomic mass is 19.1. The number of rotatable bonds is 1. The monoisotopic (exact) mass is 174 g/mol. The number of hydrogen-bond donors (Lipinski definition) is 0. The SMILES string of the molecule is Fc1cccc(-c2ccncc2)n1. The molecule has 2 aromatic heterocycles. The second kappa shape index (κ2) is 3.31. The Balaban J connectivity index is 2.48. The summed E-state index contributed by atoms with van der Waals surface area (Å²) in [5.74, 6) is -0.464. The molecule has 0 atom stereocenters. The molecular weight excluding hydrogens is 167 g/mol. The highest BCUT2D eigenvalue weighted by Crippen LogP contribution is 2.14. The van der Waals surface area contributed by atoms with Crippen LogP contribution in [0.15, 0.2) is 42.7 Å². The summed E-state index contributed by atoms with van der Waals surface area (Å²) < 4.78 is 12.7. The molecule has 13 heavy (non-hydrogen) atoms. The van der Waals surface area contributed by atoms with Crippen molar-refractivity contribution in [3.05, 3.63) is 48.7 Å². The van der Waals surface area contributed by atoms with Crippen molar-refractivity contribution < 1.29 is 4.39 Å². The molecule has 0 radical (unpaired) electrons. The topological polar surface area (TPSA) is 25.8 Å². The van der Waals surface area contributed by atoms with Gasteiger partial charge in [-0.1, -0.05) is 6.07 Å². The first-order valence-corrected chi connectivity index (χ1v) is 3.89. The minimum Gasteiger partial charge on any atom is -0.265 e. The fourth-order valence-electron chi connectivity index (χ4n) is 1.09. The van der Waals surface area contributed by atoms with Crippen LogP contribution in [0.3, 0.4) is 0 Å². The molecule has 0 aliphatic carbocycles. The summed E-state index contributed by atoms with van der Waals surface area (Å²) in [6.07, 6.45) is 3.31. The smallest absolute Gasteiger partial charge is 0.213 e. The van der Waals surface area contributed by atoms with E-state index in [4.69, 9.17) is 0 Å². The highest BCUT2D eigenvalue weighted by Gasteiger charge is 1.98. The number of pyridine rings is 2. The maximum absolute atomic E-state index is 12.7. The summed E-state index contributed by atoms with van der Waals surface area (Å²) in [6.45, 7) is 0. The van der Waals surface area contributed by atoms with Crippen LogP contribution in [0.25, 0.3) is 11.3 Å². The Kier molecular flexibility index (Phi) is 2.00. The lowest BCUT2D eigenvalue weighted by atomic mass is 10.2. The Morgan fingerprint density at radius 2 is 1.77 bits per heavy atom. The van der Waals surface area contributed by atoms with E-state index in [9.17, 15) is 4.39 Å². The molecule has 64 valence electrons. The minimum atomic E-state index is -0.464. The van der Waals surface area contributed by atoms with E-state index in [0.717, 1.165) is 5.56 Å². The minimum absolute atomic E-state index is 0.464. The molecule has 0 saturated heterocycles. The number of nitrogens with zero attached hydrogens (tertiary/aromatic N) is 2. The predicted molar refractivity (Wildman–Crippen MR) is 47.4 cm³/mol. The molecule has 0 fully saturated rings. The van der Waals surface area contributed by atoms with E-state index in [-0.39, 0.29) is 0 Å². The lowest BCUT2D eigenvalue weighted by molar-refractivity contribution is 0.585. The zero-order valence-corrected chi connectivity index (χ0v) is 6.81. The van der Waals surface area contributed by atoms with Crippen molar-refractivity contribution in [1.82, 2.24) is 9.97 Å². The zero-order valence-electron chi connectivity index (χ0n) is 6.81. The van der Waals surface area contributed by atoms with E-state index in [1.165, 1.54) is 6.07 Å². The molecule has 0 bridgehead atoms. The molecule has 0 N–H and O–H groups in total. The van der Waals surface area contributed by atoms with Gasteiger partial charge in [0.15, 0.2) is 0 Å². The van der Waals surface area contributed by atoms with Crippen molar-refractivity contribution in [2.24, 2.45) is 0 Å². The van der Waals surface area contributed by atoms with E-state index >= 15 is 0 Å². The van der Waals surface area contributed by atoms with E-state index in [0.29, 0.717) is 5.69 Å². The van der Waals surface area contributed by atoms with Crippen LogP contribution in [0.4, 0.5) is 4.39 Å². The molecule has 0 aromatic carbocycles. The van der Waals surface area contributed by atoms with Crippen molar-refractivity contribution >= 4 is 0 Å². The van der Waals surface area contributed by atoms with Gasteiger partial charge in [0.05, 0.1) is 5.69 Å². The molecule has 3 heteroatoms. The molecular formula is C10H7FN2. The van der Waals surface area contributed by atoms with Crippen LogP contribution in [0.5, 0.6) is 0 Å². The van der Waals surface area contributed by atoms with Crippen molar-refractivity contribution in [2.75, 3.05) is 0 Å². The third-order valence-corrected chi connectivity index (χ3v) is 1.69. The molecule has 2 aromatic rings. The van der Waals surface area contributed by atoms with Crippen LogP contribution in [0, 0.1) is 5.95 Å².